The van der Waals surface area contributed by atoms with Gasteiger partial charge < -0.3 is 8.98 Å². The van der Waals surface area contributed by atoms with Gasteiger partial charge in [0.2, 0.25) is 0 Å². The van der Waals surface area contributed by atoms with E-state index in [-0.39, 0.29) is 0 Å². The highest BCUT2D eigenvalue weighted by Gasteiger charge is 2.19. The fraction of sp³-hybridized carbons (Fsp3) is 0. The van der Waals surface area contributed by atoms with E-state index >= 15 is 0 Å². The number of fused-ring (bicyclic) bond motifs is 10. The Bertz CT molecular complexity index is 3010. The van der Waals surface area contributed by atoms with Gasteiger partial charge in [-0.2, -0.15) is 0 Å². The maximum atomic E-state index is 6.48. The number of nitrogens with zero attached hydrogens (tertiary/aromatic N) is 1. The van der Waals surface area contributed by atoms with E-state index < -0.39 is 0 Å². The van der Waals surface area contributed by atoms with Gasteiger partial charge in [0, 0.05) is 47.4 Å². The quantitative estimate of drug-likeness (QED) is 0.183. The van der Waals surface area contributed by atoms with Crippen molar-refractivity contribution in [3.05, 3.63) is 176 Å². The Morgan fingerprint density at radius 1 is 0.392 bits per heavy atom. The van der Waals surface area contributed by atoms with Crippen LogP contribution in [0.1, 0.15) is 0 Å². The first-order chi connectivity index (χ1) is 25.3. The number of furan rings is 1. The van der Waals surface area contributed by atoms with Crippen LogP contribution in [-0.4, -0.2) is 4.57 Å². The van der Waals surface area contributed by atoms with Gasteiger partial charge in [-0.1, -0.05) is 115 Å². The number of hydrogen-bond donors (Lipinski definition) is 0. The van der Waals surface area contributed by atoms with Gasteiger partial charge in [-0.05, 0) is 94.0 Å². The molecule has 0 aliphatic carbocycles. The van der Waals surface area contributed by atoms with E-state index in [0.29, 0.717) is 0 Å². The first-order valence-corrected chi connectivity index (χ1v) is 18.2. The number of hydrogen-bond acceptors (Lipinski definition) is 2. The fourth-order valence-corrected chi connectivity index (χ4v) is 9.28. The molecule has 238 valence electrons. The molecule has 3 heterocycles. The molecule has 0 aliphatic heterocycles. The second kappa shape index (κ2) is 11.0. The number of thiophene rings is 1. The molecule has 11 rings (SSSR count). The Balaban J connectivity index is 1.10. The van der Waals surface area contributed by atoms with E-state index in [1.165, 1.54) is 86.1 Å². The summed E-state index contributed by atoms with van der Waals surface area (Å²) in [6.45, 7) is 0. The average molecular weight is 668 g/mol. The molecule has 2 nitrogen and oxygen atoms in total. The molecule has 0 bridgehead atoms. The van der Waals surface area contributed by atoms with E-state index in [1.807, 2.05) is 11.3 Å². The number of rotatable bonds is 4. The van der Waals surface area contributed by atoms with Crippen LogP contribution in [0.5, 0.6) is 0 Å². The van der Waals surface area contributed by atoms with Crippen LogP contribution in [0.4, 0.5) is 0 Å². The van der Waals surface area contributed by atoms with Crippen LogP contribution in [0, 0.1) is 0 Å². The van der Waals surface area contributed by atoms with Crippen LogP contribution in [0.3, 0.4) is 0 Å². The summed E-state index contributed by atoms with van der Waals surface area (Å²) >= 11 is 1.85. The van der Waals surface area contributed by atoms with Gasteiger partial charge in [-0.25, -0.2) is 0 Å². The standard InChI is InChI=1S/C48H29NOS/c1-3-10-30(11-4-1)33-20-25-41-39(28-33)40-29-34(31-12-5-2-6-13-31)21-26-42(40)49(41)35-22-18-32(19-23-35)36-15-9-16-43-46(36)47-44(50-43)27-24-38-37-14-7-8-17-45(37)51-48(38)47/h1-29H. The van der Waals surface area contributed by atoms with Crippen molar-refractivity contribution in [2.75, 3.05) is 0 Å². The van der Waals surface area contributed by atoms with Crippen molar-refractivity contribution in [3.8, 4) is 39.1 Å². The van der Waals surface area contributed by atoms with Gasteiger partial charge in [0.25, 0.3) is 0 Å². The molecule has 0 saturated carbocycles. The zero-order chi connectivity index (χ0) is 33.5. The maximum absolute atomic E-state index is 6.48. The Morgan fingerprint density at radius 3 is 1.69 bits per heavy atom. The monoisotopic (exact) mass is 667 g/mol. The molecule has 0 radical (unpaired) electrons. The summed E-state index contributed by atoms with van der Waals surface area (Å²) in [6.07, 6.45) is 0. The normalized spacial score (nSPS) is 11.9. The van der Waals surface area contributed by atoms with E-state index in [1.54, 1.807) is 0 Å². The Labute approximate surface area is 298 Å². The molecule has 8 aromatic carbocycles. The molecule has 0 saturated heterocycles. The average Bonchev–Trinajstić information content (AvgIpc) is 3.87. The molecule has 51 heavy (non-hydrogen) atoms. The lowest BCUT2D eigenvalue weighted by molar-refractivity contribution is 0.669. The molecule has 11 aromatic rings. The summed E-state index contributed by atoms with van der Waals surface area (Å²) in [5, 5.41) is 7.46. The molecule has 0 atom stereocenters. The van der Waals surface area contributed by atoms with Crippen molar-refractivity contribution >= 4 is 75.3 Å². The van der Waals surface area contributed by atoms with E-state index in [2.05, 4.69) is 180 Å². The van der Waals surface area contributed by atoms with Crippen LogP contribution in [-0.2, 0) is 0 Å². The van der Waals surface area contributed by atoms with Gasteiger partial charge in [0.1, 0.15) is 11.2 Å². The van der Waals surface area contributed by atoms with Crippen LogP contribution >= 0.6 is 11.3 Å². The molecule has 0 N–H and O–H groups in total. The van der Waals surface area contributed by atoms with Crippen molar-refractivity contribution in [1.82, 2.24) is 4.57 Å². The fourth-order valence-electron chi connectivity index (χ4n) is 8.04. The Morgan fingerprint density at radius 2 is 1.00 bits per heavy atom. The smallest absolute Gasteiger partial charge is 0.136 e. The third-order valence-electron chi connectivity index (χ3n) is 10.4. The van der Waals surface area contributed by atoms with Gasteiger partial charge >= 0.3 is 0 Å². The van der Waals surface area contributed by atoms with Gasteiger partial charge in [-0.15, -0.1) is 11.3 Å². The third-order valence-corrected chi connectivity index (χ3v) is 11.6. The summed E-state index contributed by atoms with van der Waals surface area (Å²) in [6, 6.07) is 63.6. The second-order valence-corrected chi connectivity index (χ2v) is 14.3. The number of benzene rings is 8. The zero-order valence-electron chi connectivity index (χ0n) is 27.5. The van der Waals surface area contributed by atoms with E-state index in [9.17, 15) is 0 Å². The molecule has 3 aromatic heterocycles. The lowest BCUT2D eigenvalue weighted by Crippen LogP contribution is -1.94. The minimum absolute atomic E-state index is 0.919. The predicted molar refractivity (Wildman–Crippen MR) is 217 cm³/mol. The van der Waals surface area contributed by atoms with Crippen molar-refractivity contribution in [2.45, 2.75) is 0 Å². The minimum Gasteiger partial charge on any atom is -0.456 e. The lowest BCUT2D eigenvalue weighted by Gasteiger charge is -2.11. The Hall–Kier alpha value is -6.42. The first-order valence-electron chi connectivity index (χ1n) is 17.3. The van der Waals surface area contributed by atoms with Crippen LogP contribution < -0.4 is 0 Å². The molecule has 0 spiro atoms. The minimum atomic E-state index is 0.919. The summed E-state index contributed by atoms with van der Waals surface area (Å²) in [4.78, 5) is 0. The second-order valence-electron chi connectivity index (χ2n) is 13.3. The van der Waals surface area contributed by atoms with Crippen LogP contribution in [0.25, 0.3) is 103 Å². The highest BCUT2D eigenvalue weighted by atomic mass is 32.1. The summed E-state index contributed by atoms with van der Waals surface area (Å²) < 4.78 is 11.5. The summed E-state index contributed by atoms with van der Waals surface area (Å²) in [5.41, 5.74) is 12.6. The van der Waals surface area contributed by atoms with Crippen molar-refractivity contribution in [3.63, 3.8) is 0 Å². The summed E-state index contributed by atoms with van der Waals surface area (Å²) in [5.74, 6) is 0. The molecule has 3 heteroatoms. The largest absolute Gasteiger partial charge is 0.456 e. The lowest BCUT2D eigenvalue weighted by atomic mass is 9.98. The molecule has 0 fully saturated rings. The van der Waals surface area contributed by atoms with Gasteiger partial charge in [0.15, 0.2) is 0 Å². The highest BCUT2D eigenvalue weighted by molar-refractivity contribution is 7.26. The van der Waals surface area contributed by atoms with E-state index in [0.717, 1.165) is 16.9 Å². The van der Waals surface area contributed by atoms with Crippen molar-refractivity contribution < 1.29 is 4.42 Å². The molecule has 0 unspecified atom stereocenters. The Kier molecular flexibility index (Phi) is 6.16. The van der Waals surface area contributed by atoms with E-state index in [4.69, 9.17) is 4.42 Å². The third kappa shape index (κ3) is 4.35. The molecular weight excluding hydrogens is 639 g/mol. The molecule has 0 amide bonds. The summed E-state index contributed by atoms with van der Waals surface area (Å²) in [7, 11) is 0. The van der Waals surface area contributed by atoms with Crippen molar-refractivity contribution in [2.24, 2.45) is 0 Å². The molecule has 0 aliphatic rings. The van der Waals surface area contributed by atoms with Crippen LogP contribution in [0.15, 0.2) is 180 Å². The predicted octanol–water partition coefficient (Wildman–Crippen LogP) is 14.1. The maximum Gasteiger partial charge on any atom is 0.136 e. The van der Waals surface area contributed by atoms with Crippen molar-refractivity contribution in [1.29, 1.82) is 0 Å². The molecular formula is C48H29NOS. The van der Waals surface area contributed by atoms with Gasteiger partial charge in [0.05, 0.1) is 11.0 Å². The number of aromatic nitrogens is 1. The first kappa shape index (κ1) is 28.4. The zero-order valence-corrected chi connectivity index (χ0v) is 28.3. The SMILES string of the molecule is c1ccc(-c2ccc3c(c2)c2cc(-c4ccccc4)ccc2n3-c2ccc(-c3cccc4oc5ccc6c7ccccc7sc6c5c34)cc2)cc1. The van der Waals surface area contributed by atoms with Crippen LogP contribution in [0.2, 0.25) is 0 Å². The highest BCUT2D eigenvalue weighted by Crippen LogP contribution is 2.45. The van der Waals surface area contributed by atoms with Gasteiger partial charge in [-0.3, -0.25) is 0 Å². The topological polar surface area (TPSA) is 18.1 Å².